The number of nitrogens with zero attached hydrogens (tertiary/aromatic N) is 1. The third-order valence-electron chi connectivity index (χ3n) is 1.94. The lowest BCUT2D eigenvalue weighted by molar-refractivity contribution is -0.134. The molecule has 0 fully saturated rings. The maximum absolute atomic E-state index is 11.3. The van der Waals surface area contributed by atoms with Gasteiger partial charge in [0.2, 0.25) is 5.91 Å². The SMILES string of the molecule is CC(C)N1C(=O)CC(C(=O)O)=C1N. The Morgan fingerprint density at radius 1 is 1.62 bits per heavy atom. The molecule has 3 N–H and O–H groups in total. The molecule has 0 aromatic heterocycles. The van der Waals surface area contributed by atoms with E-state index in [-0.39, 0.29) is 29.8 Å². The topological polar surface area (TPSA) is 83.6 Å². The molecule has 0 unspecified atom stereocenters. The van der Waals surface area contributed by atoms with E-state index in [2.05, 4.69) is 0 Å². The van der Waals surface area contributed by atoms with E-state index in [1.807, 2.05) is 0 Å². The summed E-state index contributed by atoms with van der Waals surface area (Å²) < 4.78 is 0. The van der Waals surface area contributed by atoms with E-state index >= 15 is 0 Å². The van der Waals surface area contributed by atoms with Gasteiger partial charge in [0, 0.05) is 6.04 Å². The minimum atomic E-state index is -1.12. The van der Waals surface area contributed by atoms with Crippen molar-refractivity contribution < 1.29 is 14.7 Å². The first-order valence-corrected chi connectivity index (χ1v) is 3.99. The van der Waals surface area contributed by atoms with Crippen LogP contribution in [0.3, 0.4) is 0 Å². The molecule has 0 spiro atoms. The molecule has 0 aromatic rings. The third-order valence-corrected chi connectivity index (χ3v) is 1.94. The van der Waals surface area contributed by atoms with Crippen molar-refractivity contribution in [2.75, 3.05) is 0 Å². The van der Waals surface area contributed by atoms with Gasteiger partial charge in [0.25, 0.3) is 0 Å². The summed E-state index contributed by atoms with van der Waals surface area (Å²) in [5.41, 5.74) is 5.52. The number of carbonyl (C=O) groups is 2. The highest BCUT2D eigenvalue weighted by atomic mass is 16.4. The van der Waals surface area contributed by atoms with Gasteiger partial charge in [0.15, 0.2) is 0 Å². The Morgan fingerprint density at radius 3 is 2.38 bits per heavy atom. The van der Waals surface area contributed by atoms with Crippen LogP contribution < -0.4 is 5.73 Å². The van der Waals surface area contributed by atoms with Crippen molar-refractivity contribution in [1.82, 2.24) is 4.90 Å². The summed E-state index contributed by atoms with van der Waals surface area (Å²) in [5.74, 6) is -1.29. The fourth-order valence-corrected chi connectivity index (χ4v) is 1.36. The lowest BCUT2D eigenvalue weighted by Crippen LogP contribution is -2.35. The first-order valence-electron chi connectivity index (χ1n) is 3.99. The zero-order valence-electron chi connectivity index (χ0n) is 7.57. The summed E-state index contributed by atoms with van der Waals surface area (Å²) in [7, 11) is 0. The molecule has 13 heavy (non-hydrogen) atoms. The van der Waals surface area contributed by atoms with Gasteiger partial charge < -0.3 is 10.8 Å². The first kappa shape index (κ1) is 9.57. The summed E-state index contributed by atoms with van der Waals surface area (Å²) >= 11 is 0. The van der Waals surface area contributed by atoms with Crippen LogP contribution in [0.25, 0.3) is 0 Å². The number of hydrogen-bond acceptors (Lipinski definition) is 3. The molecule has 1 amide bonds. The molecule has 1 aliphatic heterocycles. The van der Waals surface area contributed by atoms with Gasteiger partial charge >= 0.3 is 5.97 Å². The van der Waals surface area contributed by atoms with Crippen molar-refractivity contribution >= 4 is 11.9 Å². The number of rotatable bonds is 2. The Balaban J connectivity index is 3.01. The standard InChI is InChI=1S/C8H12N2O3/c1-4(2)10-6(11)3-5(7(10)9)8(12)13/h4H,3,9H2,1-2H3,(H,12,13). The van der Waals surface area contributed by atoms with Gasteiger partial charge in [0.1, 0.15) is 5.82 Å². The predicted molar refractivity (Wildman–Crippen MR) is 45.4 cm³/mol. The molecule has 0 atom stereocenters. The largest absolute Gasteiger partial charge is 0.478 e. The number of amides is 1. The zero-order chi connectivity index (χ0) is 10.2. The predicted octanol–water partition coefficient (Wildman–Crippen LogP) is -0.118. The first-order chi connectivity index (χ1) is 5.95. The smallest absolute Gasteiger partial charge is 0.335 e. The van der Waals surface area contributed by atoms with E-state index in [1.54, 1.807) is 13.8 Å². The monoisotopic (exact) mass is 184 g/mol. The minimum absolute atomic E-state index is 0.00120. The molecule has 0 bridgehead atoms. The molecule has 1 heterocycles. The molecule has 0 saturated heterocycles. The van der Waals surface area contributed by atoms with Crippen molar-refractivity contribution in [3.8, 4) is 0 Å². The lowest BCUT2D eigenvalue weighted by Gasteiger charge is -2.21. The summed E-state index contributed by atoms with van der Waals surface area (Å²) in [6, 6.07) is -0.0932. The fourth-order valence-electron chi connectivity index (χ4n) is 1.36. The highest BCUT2D eigenvalue weighted by molar-refractivity contribution is 5.99. The molecule has 0 aromatic carbocycles. The molecule has 0 saturated carbocycles. The van der Waals surface area contributed by atoms with Crippen LogP contribution in [0.1, 0.15) is 20.3 Å². The van der Waals surface area contributed by atoms with E-state index < -0.39 is 5.97 Å². The highest BCUT2D eigenvalue weighted by Crippen LogP contribution is 2.22. The van der Waals surface area contributed by atoms with Crippen LogP contribution in [0.15, 0.2) is 11.4 Å². The van der Waals surface area contributed by atoms with Gasteiger partial charge in [-0.15, -0.1) is 0 Å². The van der Waals surface area contributed by atoms with Gasteiger partial charge in [-0.25, -0.2) is 4.79 Å². The Bertz CT molecular complexity index is 294. The maximum Gasteiger partial charge on any atom is 0.335 e. The summed E-state index contributed by atoms with van der Waals surface area (Å²) in [5, 5.41) is 8.68. The molecular weight excluding hydrogens is 172 g/mol. The maximum atomic E-state index is 11.3. The van der Waals surface area contributed by atoms with Gasteiger partial charge in [-0.1, -0.05) is 0 Å². The molecule has 5 heteroatoms. The van der Waals surface area contributed by atoms with Crippen molar-refractivity contribution in [1.29, 1.82) is 0 Å². The molecule has 72 valence electrons. The van der Waals surface area contributed by atoms with Crippen LogP contribution in [0.4, 0.5) is 0 Å². The van der Waals surface area contributed by atoms with Gasteiger partial charge in [-0.2, -0.15) is 0 Å². The van der Waals surface area contributed by atoms with Crippen molar-refractivity contribution in [3.05, 3.63) is 11.4 Å². The Labute approximate surface area is 75.8 Å². The normalized spacial score (nSPS) is 17.5. The molecule has 1 rings (SSSR count). The van der Waals surface area contributed by atoms with Crippen LogP contribution in [-0.4, -0.2) is 27.9 Å². The van der Waals surface area contributed by atoms with Crippen LogP contribution in [-0.2, 0) is 9.59 Å². The Kier molecular flexibility index (Phi) is 2.27. The number of hydrogen-bond donors (Lipinski definition) is 2. The number of carboxylic acid groups (broad SMARTS) is 1. The second-order valence-electron chi connectivity index (χ2n) is 3.20. The van der Waals surface area contributed by atoms with Crippen LogP contribution in [0.2, 0.25) is 0 Å². The molecule has 5 nitrogen and oxygen atoms in total. The van der Waals surface area contributed by atoms with Crippen molar-refractivity contribution in [2.45, 2.75) is 26.3 Å². The second kappa shape index (κ2) is 3.08. The van der Waals surface area contributed by atoms with Crippen LogP contribution >= 0.6 is 0 Å². The van der Waals surface area contributed by atoms with E-state index in [0.717, 1.165) is 0 Å². The minimum Gasteiger partial charge on any atom is -0.478 e. The molecule has 1 aliphatic rings. The van der Waals surface area contributed by atoms with Gasteiger partial charge in [-0.3, -0.25) is 9.69 Å². The lowest BCUT2D eigenvalue weighted by atomic mass is 10.2. The molecule has 0 aliphatic carbocycles. The van der Waals surface area contributed by atoms with E-state index in [1.165, 1.54) is 4.90 Å². The Morgan fingerprint density at radius 2 is 2.15 bits per heavy atom. The van der Waals surface area contributed by atoms with Crippen molar-refractivity contribution in [3.63, 3.8) is 0 Å². The zero-order valence-corrected chi connectivity index (χ0v) is 7.57. The number of carboxylic acids is 1. The van der Waals surface area contributed by atoms with E-state index in [9.17, 15) is 9.59 Å². The quantitative estimate of drug-likeness (QED) is 0.626. The van der Waals surface area contributed by atoms with Crippen LogP contribution in [0.5, 0.6) is 0 Å². The average molecular weight is 184 g/mol. The van der Waals surface area contributed by atoms with Gasteiger partial charge in [0.05, 0.1) is 12.0 Å². The number of carbonyl (C=O) groups excluding carboxylic acids is 1. The third kappa shape index (κ3) is 1.49. The molecule has 0 radical (unpaired) electrons. The summed E-state index contributed by atoms with van der Waals surface area (Å²) in [6.07, 6.45) is -0.0979. The second-order valence-corrected chi connectivity index (χ2v) is 3.20. The molecular formula is C8H12N2O3. The summed E-state index contributed by atoms with van der Waals surface area (Å²) in [4.78, 5) is 23.2. The van der Waals surface area contributed by atoms with Crippen LogP contribution in [0, 0.1) is 0 Å². The van der Waals surface area contributed by atoms with E-state index in [4.69, 9.17) is 10.8 Å². The fraction of sp³-hybridized carbons (Fsp3) is 0.500. The van der Waals surface area contributed by atoms with Crippen molar-refractivity contribution in [2.24, 2.45) is 5.73 Å². The summed E-state index contributed by atoms with van der Waals surface area (Å²) in [6.45, 7) is 3.57. The average Bonchev–Trinajstić information content (AvgIpc) is 2.26. The van der Waals surface area contributed by atoms with Gasteiger partial charge in [-0.05, 0) is 13.8 Å². The Hall–Kier alpha value is -1.52. The number of aliphatic carboxylic acids is 1. The van der Waals surface area contributed by atoms with E-state index in [0.29, 0.717) is 0 Å². The number of nitrogens with two attached hydrogens (primary N) is 1. The highest BCUT2D eigenvalue weighted by Gasteiger charge is 2.33.